The van der Waals surface area contributed by atoms with Crippen molar-refractivity contribution in [2.45, 2.75) is 37.9 Å². The minimum atomic E-state index is -4.42. The average molecular weight is 453 g/mol. The highest BCUT2D eigenvalue weighted by atomic mass is 19.4. The fourth-order valence-electron chi connectivity index (χ4n) is 4.05. The number of nitrogens with zero attached hydrogens (tertiary/aromatic N) is 2. The number of phenolic OH excluding ortho intramolecular Hbond substituents is 1. The molecule has 5 nitrogen and oxygen atoms in total. The van der Waals surface area contributed by atoms with E-state index in [-0.39, 0.29) is 17.5 Å². The van der Waals surface area contributed by atoms with Crippen molar-refractivity contribution >= 4 is 16.8 Å². The molecular weight excluding hydrogens is 433 g/mol. The molecule has 1 aliphatic carbocycles. The maximum atomic E-state index is 13.4. The molecule has 32 heavy (non-hydrogen) atoms. The Hall–Kier alpha value is -3.17. The van der Waals surface area contributed by atoms with Gasteiger partial charge in [0.2, 0.25) is 0 Å². The molecule has 2 N–H and O–H groups in total. The Morgan fingerprint density at radius 1 is 1.09 bits per heavy atom. The van der Waals surface area contributed by atoms with Gasteiger partial charge in [-0.15, -0.1) is 0 Å². The summed E-state index contributed by atoms with van der Waals surface area (Å²) in [5.41, 5.74) is -0.654. The second-order valence-corrected chi connectivity index (χ2v) is 8.05. The van der Waals surface area contributed by atoms with Gasteiger partial charge in [0.1, 0.15) is 0 Å². The number of carbonyl (C=O) groups excluding carboxylic acids is 1. The molecular formula is C22H20F5N3O2. The van der Waals surface area contributed by atoms with E-state index in [1.165, 1.54) is 6.07 Å². The SMILES string of the molecule is O=C(NC[C@H]1CC[C@H](n2cc3ccc(C(F)(F)F)cc3n2)CC1)c1cc(F)c(O)c(F)c1. The zero-order chi connectivity index (χ0) is 23.0. The molecule has 3 aromatic rings. The maximum Gasteiger partial charge on any atom is 0.416 e. The molecule has 2 aromatic carbocycles. The van der Waals surface area contributed by atoms with Gasteiger partial charge in [0.25, 0.3) is 5.91 Å². The van der Waals surface area contributed by atoms with Gasteiger partial charge in [-0.1, -0.05) is 6.07 Å². The first-order chi connectivity index (χ1) is 15.1. The van der Waals surface area contributed by atoms with E-state index in [0.29, 0.717) is 17.4 Å². The second kappa shape index (κ2) is 8.40. The summed E-state index contributed by atoms with van der Waals surface area (Å²) in [5, 5.41) is 16.7. The number of benzene rings is 2. The van der Waals surface area contributed by atoms with Gasteiger partial charge in [0.15, 0.2) is 17.4 Å². The van der Waals surface area contributed by atoms with Crippen LogP contribution in [0.2, 0.25) is 0 Å². The van der Waals surface area contributed by atoms with E-state index < -0.39 is 35.0 Å². The largest absolute Gasteiger partial charge is 0.503 e. The quantitative estimate of drug-likeness (QED) is 0.534. The Balaban J connectivity index is 1.34. The molecule has 1 heterocycles. The fraction of sp³-hybridized carbons (Fsp3) is 0.364. The van der Waals surface area contributed by atoms with Crippen molar-refractivity contribution in [1.82, 2.24) is 15.1 Å². The fourth-order valence-corrected chi connectivity index (χ4v) is 4.05. The maximum absolute atomic E-state index is 13.4. The summed E-state index contributed by atoms with van der Waals surface area (Å²) in [7, 11) is 0. The predicted molar refractivity (Wildman–Crippen MR) is 106 cm³/mol. The van der Waals surface area contributed by atoms with Crippen LogP contribution in [0.25, 0.3) is 10.9 Å². The summed E-state index contributed by atoms with van der Waals surface area (Å²) in [6.45, 7) is 0.325. The molecule has 4 rings (SSSR count). The first-order valence-electron chi connectivity index (χ1n) is 10.1. The Morgan fingerprint density at radius 2 is 1.75 bits per heavy atom. The van der Waals surface area contributed by atoms with Gasteiger partial charge in [-0.05, 0) is 55.9 Å². The summed E-state index contributed by atoms with van der Waals surface area (Å²) in [6, 6.07) is 5.09. The molecule has 0 aliphatic heterocycles. The number of halogens is 5. The minimum absolute atomic E-state index is 0.0454. The van der Waals surface area contributed by atoms with Crippen LogP contribution in [0.15, 0.2) is 36.5 Å². The smallest absolute Gasteiger partial charge is 0.416 e. The molecule has 0 unspecified atom stereocenters. The van der Waals surface area contributed by atoms with Gasteiger partial charge in [-0.2, -0.15) is 18.3 Å². The lowest BCUT2D eigenvalue weighted by atomic mass is 9.86. The lowest BCUT2D eigenvalue weighted by Gasteiger charge is -2.28. The third kappa shape index (κ3) is 4.53. The third-order valence-corrected chi connectivity index (χ3v) is 5.87. The average Bonchev–Trinajstić information content (AvgIpc) is 3.18. The van der Waals surface area contributed by atoms with E-state index >= 15 is 0 Å². The highest BCUT2D eigenvalue weighted by Gasteiger charge is 2.31. The molecule has 1 saturated carbocycles. The molecule has 0 bridgehead atoms. The topological polar surface area (TPSA) is 67.2 Å². The minimum Gasteiger partial charge on any atom is -0.503 e. The van der Waals surface area contributed by atoms with Crippen molar-refractivity contribution in [1.29, 1.82) is 0 Å². The zero-order valence-electron chi connectivity index (χ0n) is 16.8. The number of alkyl halides is 3. The number of aromatic hydroxyl groups is 1. The van der Waals surface area contributed by atoms with E-state index in [1.54, 1.807) is 10.9 Å². The zero-order valence-corrected chi connectivity index (χ0v) is 16.8. The van der Waals surface area contributed by atoms with Crippen LogP contribution in [0.3, 0.4) is 0 Å². The number of aromatic nitrogens is 2. The van der Waals surface area contributed by atoms with Gasteiger partial charge in [0.05, 0.1) is 17.1 Å². The van der Waals surface area contributed by atoms with Crippen LogP contribution < -0.4 is 5.32 Å². The van der Waals surface area contributed by atoms with E-state index in [2.05, 4.69) is 10.4 Å². The molecule has 10 heteroatoms. The van der Waals surface area contributed by atoms with Crippen molar-refractivity contribution in [3.8, 4) is 5.75 Å². The summed E-state index contributed by atoms with van der Waals surface area (Å²) in [6.07, 6.45) is 0.320. The summed E-state index contributed by atoms with van der Waals surface area (Å²) in [5.74, 6) is -4.01. The molecule has 0 saturated heterocycles. The molecule has 170 valence electrons. The van der Waals surface area contributed by atoms with Crippen LogP contribution >= 0.6 is 0 Å². The Labute approximate surface area is 179 Å². The van der Waals surface area contributed by atoms with Crippen LogP contribution in [0.5, 0.6) is 5.75 Å². The number of fused-ring (bicyclic) bond motifs is 1. The van der Waals surface area contributed by atoms with Crippen molar-refractivity contribution in [2.24, 2.45) is 5.92 Å². The van der Waals surface area contributed by atoms with Crippen molar-refractivity contribution < 1.29 is 31.9 Å². The van der Waals surface area contributed by atoms with Crippen LogP contribution in [0.1, 0.15) is 47.6 Å². The van der Waals surface area contributed by atoms with Crippen LogP contribution in [0.4, 0.5) is 22.0 Å². The number of nitrogens with one attached hydrogen (secondary N) is 1. The van der Waals surface area contributed by atoms with Gasteiger partial charge in [-0.25, -0.2) is 8.78 Å². The standard InChI is InChI=1S/C22H20F5N3O2/c23-17-7-14(8-18(24)20(17)31)21(32)28-10-12-1-5-16(6-2-12)30-11-13-3-4-15(22(25,26)27)9-19(13)29-30/h3-4,7-9,11-12,16,31H,1-2,5-6,10H2,(H,28,32)/t12-,16-. The predicted octanol–water partition coefficient (Wildman–Crippen LogP) is 5.20. The van der Waals surface area contributed by atoms with Gasteiger partial charge in [0, 0.05) is 23.7 Å². The molecule has 1 aliphatic rings. The molecule has 0 atom stereocenters. The highest BCUT2D eigenvalue weighted by Crippen LogP contribution is 2.34. The Morgan fingerprint density at radius 3 is 2.38 bits per heavy atom. The molecule has 0 radical (unpaired) electrons. The van der Waals surface area contributed by atoms with Crippen molar-refractivity contribution in [3.63, 3.8) is 0 Å². The number of rotatable bonds is 4. The number of phenols is 1. The van der Waals surface area contributed by atoms with E-state index in [1.807, 2.05) is 0 Å². The molecule has 1 amide bonds. The number of hydrogen-bond acceptors (Lipinski definition) is 3. The van der Waals surface area contributed by atoms with Gasteiger partial charge >= 0.3 is 6.18 Å². The lowest BCUT2D eigenvalue weighted by Crippen LogP contribution is -2.31. The molecule has 0 spiro atoms. The summed E-state index contributed by atoms with van der Waals surface area (Å²) < 4.78 is 67.3. The normalized spacial score (nSPS) is 19.3. The highest BCUT2D eigenvalue weighted by molar-refractivity contribution is 5.94. The number of carbonyl (C=O) groups is 1. The molecule has 1 fully saturated rings. The van der Waals surface area contributed by atoms with E-state index in [4.69, 9.17) is 5.11 Å². The first-order valence-corrected chi connectivity index (χ1v) is 10.1. The first kappa shape index (κ1) is 22.0. The van der Waals surface area contributed by atoms with E-state index in [0.717, 1.165) is 49.9 Å². The summed E-state index contributed by atoms with van der Waals surface area (Å²) in [4.78, 5) is 12.2. The van der Waals surface area contributed by atoms with Crippen LogP contribution in [0, 0.1) is 17.6 Å². The summed E-state index contributed by atoms with van der Waals surface area (Å²) >= 11 is 0. The van der Waals surface area contributed by atoms with Crippen molar-refractivity contribution in [2.75, 3.05) is 6.54 Å². The second-order valence-electron chi connectivity index (χ2n) is 8.05. The Bertz CT molecular complexity index is 1130. The van der Waals surface area contributed by atoms with Gasteiger partial charge in [-0.3, -0.25) is 9.48 Å². The third-order valence-electron chi connectivity index (χ3n) is 5.87. The molecule has 1 aromatic heterocycles. The number of hydrogen-bond donors (Lipinski definition) is 2. The van der Waals surface area contributed by atoms with Crippen LogP contribution in [-0.2, 0) is 6.18 Å². The van der Waals surface area contributed by atoms with E-state index in [9.17, 15) is 26.7 Å². The number of amides is 1. The Kier molecular flexibility index (Phi) is 5.79. The lowest BCUT2D eigenvalue weighted by molar-refractivity contribution is -0.137. The van der Waals surface area contributed by atoms with Crippen molar-refractivity contribution in [3.05, 3.63) is 59.3 Å². The van der Waals surface area contributed by atoms with Crippen LogP contribution in [-0.4, -0.2) is 27.3 Å². The van der Waals surface area contributed by atoms with Gasteiger partial charge < -0.3 is 10.4 Å². The monoisotopic (exact) mass is 453 g/mol.